The highest BCUT2D eigenvalue weighted by Crippen LogP contribution is 2.38. The van der Waals surface area contributed by atoms with Crippen molar-refractivity contribution in [3.8, 4) is 28.6 Å². The number of dihydropyridines is 1. The average molecular weight is 557 g/mol. The molecule has 0 aliphatic carbocycles. The molecule has 2 aromatic carbocycles. The van der Waals surface area contributed by atoms with Crippen molar-refractivity contribution in [1.29, 1.82) is 5.26 Å². The van der Waals surface area contributed by atoms with Gasteiger partial charge in [-0.25, -0.2) is 15.0 Å². The second-order valence-electron chi connectivity index (χ2n) is 11.0. The van der Waals surface area contributed by atoms with E-state index in [1.807, 2.05) is 24.3 Å². The van der Waals surface area contributed by atoms with Crippen LogP contribution >= 0.6 is 0 Å². The Bertz CT molecular complexity index is 1690. The molecule has 9 heteroatoms. The van der Waals surface area contributed by atoms with Gasteiger partial charge in [0.1, 0.15) is 23.3 Å². The zero-order chi connectivity index (χ0) is 28.5. The maximum absolute atomic E-state index is 9.05. The number of allylic oxidation sites excluding steroid dienone is 1. The van der Waals surface area contributed by atoms with Gasteiger partial charge in [-0.3, -0.25) is 9.47 Å². The van der Waals surface area contributed by atoms with E-state index in [-0.39, 0.29) is 11.9 Å². The van der Waals surface area contributed by atoms with Crippen molar-refractivity contribution in [3.63, 3.8) is 0 Å². The van der Waals surface area contributed by atoms with Crippen molar-refractivity contribution in [3.05, 3.63) is 102 Å². The molecule has 1 saturated heterocycles. The normalized spacial score (nSPS) is 18.4. The minimum Gasteiger partial charge on any atom is -0.470 e. The van der Waals surface area contributed by atoms with Crippen molar-refractivity contribution >= 4 is 11.5 Å². The van der Waals surface area contributed by atoms with Crippen LogP contribution in [0, 0.1) is 11.3 Å². The van der Waals surface area contributed by atoms with E-state index in [2.05, 4.69) is 91.6 Å². The predicted octanol–water partition coefficient (Wildman–Crippen LogP) is 5.16. The number of imidazole rings is 1. The number of hydrogen-bond donors (Lipinski definition) is 2. The standard InChI is InChI=1S/C33H32N8O/c1-22-7-12-27-31(36-22)33-39-30(32(41(33)21-42-27)25-5-3-2-4-6-25)24-10-8-23(9-11-24)20-40-17-14-26(15-18-40)37-28-13-16-35-29(19-34)38-28/h2-13,16,22,26,36H,14-15,17-18,20-21H2,1H3,(H,35,37,38). The summed E-state index contributed by atoms with van der Waals surface area (Å²) >= 11 is 0. The van der Waals surface area contributed by atoms with Gasteiger partial charge >= 0.3 is 0 Å². The van der Waals surface area contributed by atoms with E-state index >= 15 is 0 Å². The zero-order valence-corrected chi connectivity index (χ0v) is 23.5. The first-order valence-corrected chi connectivity index (χ1v) is 14.4. The van der Waals surface area contributed by atoms with Crippen LogP contribution in [0.1, 0.15) is 37.0 Å². The van der Waals surface area contributed by atoms with E-state index in [0.29, 0.717) is 12.8 Å². The minimum absolute atomic E-state index is 0.195. The van der Waals surface area contributed by atoms with Crippen LogP contribution in [0.15, 0.2) is 84.8 Å². The Morgan fingerprint density at radius 3 is 2.62 bits per heavy atom. The van der Waals surface area contributed by atoms with Gasteiger partial charge in [-0.1, -0.05) is 60.7 Å². The fraction of sp³-hybridized carbons (Fsp3) is 0.273. The number of aromatic nitrogens is 4. The van der Waals surface area contributed by atoms with Gasteiger partial charge in [0.05, 0.1) is 11.4 Å². The van der Waals surface area contributed by atoms with Crippen LogP contribution in [-0.4, -0.2) is 49.6 Å². The predicted molar refractivity (Wildman–Crippen MR) is 162 cm³/mol. The third kappa shape index (κ3) is 5.13. The number of hydrogen-bond acceptors (Lipinski definition) is 8. The molecular formula is C33H32N8O. The van der Waals surface area contributed by atoms with E-state index in [1.54, 1.807) is 6.20 Å². The summed E-state index contributed by atoms with van der Waals surface area (Å²) in [5.41, 5.74) is 6.45. The molecule has 0 saturated carbocycles. The molecule has 5 heterocycles. The number of nitrogens with zero attached hydrogens (tertiary/aromatic N) is 6. The molecule has 2 aromatic heterocycles. The second kappa shape index (κ2) is 11.1. The highest BCUT2D eigenvalue weighted by Gasteiger charge is 2.29. The molecule has 3 aliphatic heterocycles. The third-order valence-electron chi connectivity index (χ3n) is 8.07. The lowest BCUT2D eigenvalue weighted by molar-refractivity contribution is 0.145. The average Bonchev–Trinajstić information content (AvgIpc) is 3.43. The van der Waals surface area contributed by atoms with E-state index in [4.69, 9.17) is 15.0 Å². The quantitative estimate of drug-likeness (QED) is 0.336. The number of fused-ring (bicyclic) bond motifs is 2. The summed E-state index contributed by atoms with van der Waals surface area (Å²) in [6.07, 6.45) is 7.82. The first-order chi connectivity index (χ1) is 20.6. The molecule has 0 bridgehead atoms. The molecule has 3 aliphatic rings. The van der Waals surface area contributed by atoms with Gasteiger partial charge in [0.15, 0.2) is 12.6 Å². The maximum atomic E-state index is 9.05. The van der Waals surface area contributed by atoms with Crippen LogP contribution in [0.4, 0.5) is 5.82 Å². The summed E-state index contributed by atoms with van der Waals surface area (Å²) in [6.45, 7) is 5.45. The van der Waals surface area contributed by atoms with Crippen molar-refractivity contribution in [2.45, 2.75) is 45.1 Å². The largest absolute Gasteiger partial charge is 0.470 e. The van der Waals surface area contributed by atoms with Crippen LogP contribution in [0.2, 0.25) is 0 Å². The molecule has 9 nitrogen and oxygen atoms in total. The summed E-state index contributed by atoms with van der Waals surface area (Å²) < 4.78 is 8.32. The summed E-state index contributed by atoms with van der Waals surface area (Å²) in [6, 6.07) is 23.6. The van der Waals surface area contributed by atoms with Crippen molar-refractivity contribution in [2.75, 3.05) is 18.4 Å². The number of benzene rings is 2. The first kappa shape index (κ1) is 26.0. The Kier molecular flexibility index (Phi) is 6.90. The molecule has 1 unspecified atom stereocenters. The van der Waals surface area contributed by atoms with E-state index < -0.39 is 0 Å². The fourth-order valence-electron chi connectivity index (χ4n) is 5.91. The summed E-state index contributed by atoms with van der Waals surface area (Å²) in [5.74, 6) is 2.67. The van der Waals surface area contributed by atoms with Gasteiger partial charge in [0, 0.05) is 49.0 Å². The number of nitriles is 1. The number of rotatable bonds is 6. The number of ether oxygens (including phenoxy) is 1. The molecule has 2 N–H and O–H groups in total. The van der Waals surface area contributed by atoms with Crippen LogP contribution in [0.3, 0.4) is 0 Å². The van der Waals surface area contributed by atoms with Gasteiger partial charge in [-0.05, 0) is 37.5 Å². The number of nitrogens with one attached hydrogen (secondary N) is 2. The van der Waals surface area contributed by atoms with E-state index in [9.17, 15) is 0 Å². The molecule has 0 spiro atoms. The van der Waals surface area contributed by atoms with Crippen LogP contribution in [0.5, 0.6) is 0 Å². The molecular weight excluding hydrogens is 524 g/mol. The highest BCUT2D eigenvalue weighted by molar-refractivity contribution is 5.82. The molecule has 0 amide bonds. The van der Waals surface area contributed by atoms with Crippen LogP contribution < -0.4 is 10.6 Å². The molecule has 1 fully saturated rings. The van der Waals surface area contributed by atoms with E-state index in [1.165, 1.54) is 5.56 Å². The van der Waals surface area contributed by atoms with Gasteiger partial charge in [0.25, 0.3) is 0 Å². The topological polar surface area (TPSA) is 104 Å². The van der Waals surface area contributed by atoms with Gasteiger partial charge in [-0.15, -0.1) is 0 Å². The Hall–Kier alpha value is -4.94. The zero-order valence-electron chi connectivity index (χ0n) is 23.5. The molecule has 1 atom stereocenters. The van der Waals surface area contributed by atoms with Gasteiger partial charge < -0.3 is 15.4 Å². The maximum Gasteiger partial charge on any atom is 0.234 e. The van der Waals surface area contributed by atoms with Gasteiger partial charge in [0.2, 0.25) is 5.82 Å². The third-order valence-corrected chi connectivity index (χ3v) is 8.07. The Morgan fingerprint density at radius 1 is 1.02 bits per heavy atom. The molecule has 7 rings (SSSR count). The molecule has 4 aromatic rings. The minimum atomic E-state index is 0.195. The van der Waals surface area contributed by atoms with Crippen molar-refractivity contribution < 1.29 is 4.74 Å². The van der Waals surface area contributed by atoms with Crippen molar-refractivity contribution in [2.24, 2.45) is 0 Å². The Labute approximate surface area is 245 Å². The van der Waals surface area contributed by atoms with Gasteiger partial charge in [-0.2, -0.15) is 5.26 Å². The molecule has 210 valence electrons. The van der Waals surface area contributed by atoms with E-state index in [0.717, 1.165) is 78.1 Å². The summed E-state index contributed by atoms with van der Waals surface area (Å²) in [5, 5.41) is 16.1. The number of likely N-dealkylation sites (tertiary alicyclic amines) is 1. The number of anilines is 1. The monoisotopic (exact) mass is 556 g/mol. The second-order valence-corrected chi connectivity index (χ2v) is 11.0. The van der Waals surface area contributed by atoms with Crippen molar-refractivity contribution in [1.82, 2.24) is 29.7 Å². The lowest BCUT2D eigenvalue weighted by atomic mass is 10.0. The SMILES string of the molecule is CC1C=CC2=C(N1)c1nc(-c3ccc(CN4CCC(Nc5ccnc(C#N)n5)CC4)cc3)c(-c3ccccc3)n1CO2. The Morgan fingerprint density at radius 2 is 1.83 bits per heavy atom. The smallest absolute Gasteiger partial charge is 0.234 e. The van der Waals surface area contributed by atoms with Crippen LogP contribution in [0.25, 0.3) is 28.2 Å². The first-order valence-electron chi connectivity index (χ1n) is 14.4. The number of piperidine rings is 1. The summed E-state index contributed by atoms with van der Waals surface area (Å²) in [4.78, 5) is 15.9. The highest BCUT2D eigenvalue weighted by atomic mass is 16.5. The molecule has 0 radical (unpaired) electrons. The molecule has 42 heavy (non-hydrogen) atoms. The Balaban J connectivity index is 1.08. The van der Waals surface area contributed by atoms with Crippen LogP contribution in [-0.2, 0) is 18.0 Å². The fourth-order valence-corrected chi connectivity index (χ4v) is 5.91. The lowest BCUT2D eigenvalue weighted by Gasteiger charge is -2.32. The lowest BCUT2D eigenvalue weighted by Crippen LogP contribution is -2.38. The summed E-state index contributed by atoms with van der Waals surface area (Å²) in [7, 11) is 0.